The molecule has 0 saturated heterocycles. The Balaban J connectivity index is 4.87. The standard InChI is InChI=1S/C22H46O3Si/c1-4-7-10-13-19-26(20-14-11-8-5-2,21-15-12-9-6-3)25-22(24)17-16-18-23/h23H,4-21H2,1-3H3. The van der Waals surface area contributed by atoms with Crippen molar-refractivity contribution in [3.63, 3.8) is 0 Å². The van der Waals surface area contributed by atoms with Crippen LogP contribution in [0.5, 0.6) is 0 Å². The van der Waals surface area contributed by atoms with Crippen molar-refractivity contribution in [2.45, 2.75) is 129 Å². The number of carbonyl (C=O) groups is 1. The van der Waals surface area contributed by atoms with E-state index in [-0.39, 0.29) is 12.6 Å². The van der Waals surface area contributed by atoms with Crippen LogP contribution in [0.15, 0.2) is 0 Å². The fourth-order valence-corrected chi connectivity index (χ4v) is 7.99. The molecule has 156 valence electrons. The first-order chi connectivity index (χ1) is 12.6. The average Bonchev–Trinajstić information content (AvgIpc) is 2.64. The Kier molecular flexibility index (Phi) is 17.8. The lowest BCUT2D eigenvalue weighted by Crippen LogP contribution is -2.40. The molecule has 0 aromatic rings. The van der Waals surface area contributed by atoms with E-state index in [1.807, 2.05) is 0 Å². The highest BCUT2D eigenvalue weighted by atomic mass is 28.4. The van der Waals surface area contributed by atoms with E-state index >= 15 is 0 Å². The van der Waals surface area contributed by atoms with Crippen LogP contribution in [0.4, 0.5) is 0 Å². The first kappa shape index (κ1) is 25.6. The predicted octanol–water partition coefficient (Wildman–Crippen LogP) is 6.99. The van der Waals surface area contributed by atoms with Gasteiger partial charge < -0.3 is 9.53 Å². The Morgan fingerprint density at radius 1 is 0.692 bits per heavy atom. The van der Waals surface area contributed by atoms with Crippen LogP contribution in [0.3, 0.4) is 0 Å². The van der Waals surface area contributed by atoms with Crippen molar-refractivity contribution in [1.29, 1.82) is 0 Å². The second kappa shape index (κ2) is 18.0. The molecule has 0 fully saturated rings. The fourth-order valence-electron chi connectivity index (χ4n) is 3.67. The molecule has 0 aliphatic carbocycles. The monoisotopic (exact) mass is 386 g/mol. The third-order valence-electron chi connectivity index (χ3n) is 5.33. The van der Waals surface area contributed by atoms with Crippen molar-refractivity contribution in [1.82, 2.24) is 0 Å². The zero-order valence-electron chi connectivity index (χ0n) is 18.0. The van der Waals surface area contributed by atoms with E-state index in [0.717, 1.165) is 18.1 Å². The van der Waals surface area contributed by atoms with Gasteiger partial charge in [0.25, 0.3) is 14.3 Å². The van der Waals surface area contributed by atoms with Crippen LogP contribution in [-0.2, 0) is 9.22 Å². The van der Waals surface area contributed by atoms with Gasteiger partial charge in [-0.05, 0) is 24.6 Å². The number of rotatable bonds is 19. The van der Waals surface area contributed by atoms with Gasteiger partial charge in [-0.1, -0.05) is 97.8 Å². The van der Waals surface area contributed by atoms with Crippen molar-refractivity contribution in [2.24, 2.45) is 0 Å². The molecule has 4 heteroatoms. The summed E-state index contributed by atoms with van der Waals surface area (Å²) in [6.45, 7) is 6.81. The van der Waals surface area contributed by atoms with Crippen molar-refractivity contribution >= 4 is 14.3 Å². The first-order valence-electron chi connectivity index (χ1n) is 11.5. The largest absolute Gasteiger partial charge is 0.519 e. The first-order valence-corrected chi connectivity index (χ1v) is 14.0. The summed E-state index contributed by atoms with van der Waals surface area (Å²) in [5.74, 6) is -0.0489. The molecule has 0 atom stereocenters. The second-order valence-electron chi connectivity index (χ2n) is 7.92. The second-order valence-corrected chi connectivity index (χ2v) is 12.0. The van der Waals surface area contributed by atoms with Gasteiger partial charge in [0.1, 0.15) is 0 Å². The van der Waals surface area contributed by atoms with E-state index in [4.69, 9.17) is 9.53 Å². The molecule has 0 spiro atoms. The number of aliphatic hydroxyl groups is 1. The highest BCUT2D eigenvalue weighted by Crippen LogP contribution is 2.31. The van der Waals surface area contributed by atoms with Crippen LogP contribution in [-0.4, -0.2) is 26.0 Å². The summed E-state index contributed by atoms with van der Waals surface area (Å²) in [5.41, 5.74) is 0. The summed E-state index contributed by atoms with van der Waals surface area (Å²) < 4.78 is 6.27. The van der Waals surface area contributed by atoms with Crippen LogP contribution < -0.4 is 0 Å². The lowest BCUT2D eigenvalue weighted by atomic mass is 10.2. The van der Waals surface area contributed by atoms with Gasteiger partial charge in [-0.3, -0.25) is 4.79 Å². The smallest absolute Gasteiger partial charge is 0.292 e. The quantitative estimate of drug-likeness (QED) is 0.192. The van der Waals surface area contributed by atoms with Gasteiger partial charge in [-0.25, -0.2) is 0 Å². The lowest BCUT2D eigenvalue weighted by molar-refractivity contribution is -0.135. The van der Waals surface area contributed by atoms with Crippen LogP contribution in [0.1, 0.15) is 111 Å². The van der Waals surface area contributed by atoms with Crippen molar-refractivity contribution in [3.05, 3.63) is 0 Å². The van der Waals surface area contributed by atoms with Crippen LogP contribution in [0, 0.1) is 0 Å². The van der Waals surface area contributed by atoms with Crippen LogP contribution >= 0.6 is 0 Å². The highest BCUT2D eigenvalue weighted by molar-refractivity contribution is 6.75. The van der Waals surface area contributed by atoms with Gasteiger partial charge in [0, 0.05) is 13.0 Å². The molecule has 3 nitrogen and oxygen atoms in total. The predicted molar refractivity (Wildman–Crippen MR) is 115 cm³/mol. The fraction of sp³-hybridized carbons (Fsp3) is 0.955. The zero-order chi connectivity index (χ0) is 19.5. The van der Waals surface area contributed by atoms with Gasteiger partial charge in [0.2, 0.25) is 0 Å². The molecule has 0 aromatic carbocycles. The molecule has 0 radical (unpaired) electrons. The highest BCUT2D eigenvalue weighted by Gasteiger charge is 2.36. The number of unbranched alkanes of at least 4 members (excludes halogenated alkanes) is 9. The molecule has 0 amide bonds. The van der Waals surface area contributed by atoms with Crippen molar-refractivity contribution in [3.8, 4) is 0 Å². The summed E-state index contributed by atoms with van der Waals surface area (Å²) in [6, 6.07) is 3.45. The Morgan fingerprint density at radius 2 is 1.12 bits per heavy atom. The Hall–Kier alpha value is -0.353. The Bertz CT molecular complexity index is 289. The SMILES string of the molecule is CCCCCC[Si](CCCCCC)(CCCCCC)OC(=O)CCCO. The normalized spacial score (nSPS) is 11.7. The van der Waals surface area contributed by atoms with Gasteiger partial charge in [0.05, 0.1) is 0 Å². The molecule has 0 unspecified atom stereocenters. The molecule has 0 aliphatic rings. The minimum absolute atomic E-state index is 0.0489. The van der Waals surface area contributed by atoms with E-state index in [2.05, 4.69) is 20.8 Å². The topological polar surface area (TPSA) is 46.5 Å². The number of aliphatic hydroxyl groups excluding tert-OH is 1. The summed E-state index contributed by atoms with van der Waals surface area (Å²) in [7, 11) is -1.99. The van der Waals surface area contributed by atoms with Crippen molar-refractivity contribution in [2.75, 3.05) is 6.61 Å². The third kappa shape index (κ3) is 13.8. The van der Waals surface area contributed by atoms with E-state index in [1.54, 1.807) is 0 Å². The maximum Gasteiger partial charge on any atom is 0.292 e. The van der Waals surface area contributed by atoms with Gasteiger partial charge in [-0.15, -0.1) is 0 Å². The minimum atomic E-state index is -1.99. The molecule has 26 heavy (non-hydrogen) atoms. The van der Waals surface area contributed by atoms with Gasteiger partial charge in [0.15, 0.2) is 0 Å². The van der Waals surface area contributed by atoms with Crippen LogP contribution in [0.2, 0.25) is 18.1 Å². The zero-order valence-corrected chi connectivity index (χ0v) is 19.0. The van der Waals surface area contributed by atoms with E-state index in [0.29, 0.717) is 12.8 Å². The Morgan fingerprint density at radius 3 is 1.46 bits per heavy atom. The molecule has 0 heterocycles. The van der Waals surface area contributed by atoms with Crippen LogP contribution in [0.25, 0.3) is 0 Å². The molecular formula is C22H46O3Si. The van der Waals surface area contributed by atoms with E-state index < -0.39 is 8.32 Å². The summed E-state index contributed by atoms with van der Waals surface area (Å²) in [6.07, 6.45) is 16.0. The van der Waals surface area contributed by atoms with E-state index in [9.17, 15) is 4.79 Å². The summed E-state index contributed by atoms with van der Waals surface area (Å²) >= 11 is 0. The molecular weight excluding hydrogens is 340 g/mol. The molecule has 0 aliphatic heterocycles. The average molecular weight is 387 g/mol. The molecule has 0 rings (SSSR count). The van der Waals surface area contributed by atoms with E-state index in [1.165, 1.54) is 77.0 Å². The minimum Gasteiger partial charge on any atom is -0.519 e. The third-order valence-corrected chi connectivity index (χ3v) is 9.78. The molecule has 0 aromatic heterocycles. The maximum atomic E-state index is 12.4. The summed E-state index contributed by atoms with van der Waals surface area (Å²) in [5, 5.41) is 9.02. The lowest BCUT2D eigenvalue weighted by Gasteiger charge is -2.32. The van der Waals surface area contributed by atoms with Gasteiger partial charge in [-0.2, -0.15) is 0 Å². The summed E-state index contributed by atoms with van der Waals surface area (Å²) in [4.78, 5) is 12.4. The number of carbonyl (C=O) groups excluding carboxylic acids is 1. The molecule has 0 bridgehead atoms. The maximum absolute atomic E-state index is 12.4. The van der Waals surface area contributed by atoms with Crippen molar-refractivity contribution < 1.29 is 14.3 Å². The number of hydrogen-bond acceptors (Lipinski definition) is 3. The van der Waals surface area contributed by atoms with Gasteiger partial charge >= 0.3 is 0 Å². The Labute approximate surface area is 164 Å². The molecule has 0 saturated carbocycles. The number of hydrogen-bond donors (Lipinski definition) is 1. The molecule has 1 N–H and O–H groups in total.